The number of anilines is 1. The Morgan fingerprint density at radius 1 is 1.38 bits per heavy atom. The number of phenolic OH excluding ortho intramolecular Hbond substituents is 1. The van der Waals surface area contributed by atoms with E-state index in [1.807, 2.05) is 11.4 Å². The van der Waals surface area contributed by atoms with Crippen LogP contribution in [0.5, 0.6) is 5.75 Å². The summed E-state index contributed by atoms with van der Waals surface area (Å²) in [7, 11) is 0. The Kier molecular flexibility index (Phi) is 4.50. The standard InChI is InChI=1S/C23H26N2O3S/c1-23-7-6-17-16-5-3-15(26)10-13(16)2-4-18(17)19(23)11-14(21(23)28)12-20(27)25-22-24-8-9-29-22/h3,5,8-10,14,17-19,26H,2,4,6-7,11-12H2,1H3,(H,24,25,27)/t14-,17-,18-,19+,23+/m1/s1. The largest absolute Gasteiger partial charge is 0.508 e. The fourth-order valence-electron chi connectivity index (χ4n) is 6.36. The van der Waals surface area contributed by atoms with Gasteiger partial charge in [0.2, 0.25) is 5.91 Å². The van der Waals surface area contributed by atoms with Crippen molar-refractivity contribution in [2.75, 3.05) is 5.32 Å². The van der Waals surface area contributed by atoms with Gasteiger partial charge in [0, 0.05) is 29.3 Å². The summed E-state index contributed by atoms with van der Waals surface area (Å²) >= 11 is 1.39. The molecule has 5 atom stereocenters. The highest BCUT2D eigenvalue weighted by atomic mass is 32.1. The number of carbonyl (C=O) groups excluding carboxylic acids is 2. The van der Waals surface area contributed by atoms with Crippen molar-refractivity contribution in [2.24, 2.45) is 23.2 Å². The van der Waals surface area contributed by atoms with E-state index in [0.29, 0.717) is 28.6 Å². The van der Waals surface area contributed by atoms with Crippen LogP contribution >= 0.6 is 11.3 Å². The highest BCUT2D eigenvalue weighted by molar-refractivity contribution is 7.13. The van der Waals surface area contributed by atoms with Gasteiger partial charge < -0.3 is 10.4 Å². The van der Waals surface area contributed by atoms with Crippen LogP contribution in [0.3, 0.4) is 0 Å². The molecule has 1 amide bonds. The summed E-state index contributed by atoms with van der Waals surface area (Å²) in [6.45, 7) is 2.14. The molecule has 5 nitrogen and oxygen atoms in total. The first kappa shape index (κ1) is 18.8. The fraction of sp³-hybridized carbons (Fsp3) is 0.522. The zero-order valence-corrected chi connectivity index (χ0v) is 17.4. The fourth-order valence-corrected chi connectivity index (χ4v) is 6.91. The van der Waals surface area contributed by atoms with Gasteiger partial charge in [-0.15, -0.1) is 11.3 Å². The van der Waals surface area contributed by atoms with Crippen molar-refractivity contribution in [3.63, 3.8) is 0 Å². The number of phenols is 1. The van der Waals surface area contributed by atoms with E-state index in [0.717, 1.165) is 32.1 Å². The molecule has 1 heterocycles. The molecular formula is C23H26N2O3S. The number of nitrogens with zero attached hydrogens (tertiary/aromatic N) is 1. The molecule has 0 aliphatic heterocycles. The molecule has 3 aliphatic carbocycles. The Labute approximate surface area is 174 Å². The molecule has 1 aromatic carbocycles. The molecule has 152 valence electrons. The zero-order chi connectivity index (χ0) is 20.2. The highest BCUT2D eigenvalue weighted by Gasteiger charge is 2.58. The molecule has 3 aliphatic rings. The first-order chi connectivity index (χ1) is 14.0. The molecule has 0 radical (unpaired) electrons. The summed E-state index contributed by atoms with van der Waals surface area (Å²) in [4.78, 5) is 29.9. The number of fused-ring (bicyclic) bond motifs is 5. The number of hydrogen-bond acceptors (Lipinski definition) is 5. The number of rotatable bonds is 3. The molecule has 2 N–H and O–H groups in total. The first-order valence-electron chi connectivity index (χ1n) is 10.5. The predicted molar refractivity (Wildman–Crippen MR) is 112 cm³/mol. The summed E-state index contributed by atoms with van der Waals surface area (Å²) in [5.41, 5.74) is 2.32. The van der Waals surface area contributed by atoms with E-state index in [1.54, 1.807) is 12.3 Å². The Morgan fingerprint density at radius 2 is 2.24 bits per heavy atom. The lowest BCUT2D eigenvalue weighted by Gasteiger charge is -2.48. The van der Waals surface area contributed by atoms with E-state index in [4.69, 9.17) is 0 Å². The number of aromatic hydroxyl groups is 1. The number of carbonyl (C=O) groups is 2. The Bertz CT molecular complexity index is 957. The zero-order valence-electron chi connectivity index (χ0n) is 16.6. The van der Waals surface area contributed by atoms with Crippen LogP contribution in [0, 0.1) is 23.2 Å². The van der Waals surface area contributed by atoms with Gasteiger partial charge in [-0.1, -0.05) is 13.0 Å². The normalized spacial score (nSPS) is 32.9. The van der Waals surface area contributed by atoms with Crippen molar-refractivity contribution >= 4 is 28.2 Å². The van der Waals surface area contributed by atoms with Crippen molar-refractivity contribution < 1.29 is 14.7 Å². The number of amides is 1. The summed E-state index contributed by atoms with van der Waals surface area (Å²) in [6, 6.07) is 5.78. The summed E-state index contributed by atoms with van der Waals surface area (Å²) < 4.78 is 0. The molecule has 5 rings (SSSR count). The minimum atomic E-state index is -0.304. The van der Waals surface area contributed by atoms with Crippen LogP contribution in [0.1, 0.15) is 56.1 Å². The number of aromatic nitrogens is 1. The molecule has 0 saturated heterocycles. The van der Waals surface area contributed by atoms with Crippen LogP contribution in [0.25, 0.3) is 0 Å². The maximum Gasteiger partial charge on any atom is 0.226 e. The van der Waals surface area contributed by atoms with E-state index in [-0.39, 0.29) is 29.4 Å². The van der Waals surface area contributed by atoms with Gasteiger partial charge in [0.05, 0.1) is 0 Å². The molecule has 2 aromatic rings. The molecule has 2 saturated carbocycles. The monoisotopic (exact) mass is 410 g/mol. The van der Waals surface area contributed by atoms with Gasteiger partial charge >= 0.3 is 0 Å². The van der Waals surface area contributed by atoms with Gasteiger partial charge in [-0.3, -0.25) is 9.59 Å². The number of aryl methyl sites for hydroxylation is 1. The third kappa shape index (κ3) is 3.08. The molecule has 1 aromatic heterocycles. The van der Waals surface area contributed by atoms with E-state index in [1.165, 1.54) is 22.5 Å². The summed E-state index contributed by atoms with van der Waals surface area (Å²) in [5.74, 6) is 1.62. The van der Waals surface area contributed by atoms with Gasteiger partial charge in [0.1, 0.15) is 11.5 Å². The highest BCUT2D eigenvalue weighted by Crippen LogP contribution is 2.61. The average molecular weight is 411 g/mol. The van der Waals surface area contributed by atoms with Crippen LogP contribution in [0.2, 0.25) is 0 Å². The lowest BCUT2D eigenvalue weighted by Crippen LogP contribution is -2.42. The smallest absolute Gasteiger partial charge is 0.226 e. The Hall–Kier alpha value is -2.21. The summed E-state index contributed by atoms with van der Waals surface area (Å²) in [5, 5.41) is 15.1. The van der Waals surface area contributed by atoms with Gasteiger partial charge in [-0.2, -0.15) is 0 Å². The number of Topliss-reactive ketones (excluding diaryl/α,β-unsaturated/α-hetero) is 1. The Balaban J connectivity index is 1.35. The first-order valence-corrected chi connectivity index (χ1v) is 11.4. The van der Waals surface area contributed by atoms with Crippen molar-refractivity contribution in [1.29, 1.82) is 0 Å². The van der Waals surface area contributed by atoms with Crippen molar-refractivity contribution in [2.45, 2.75) is 51.4 Å². The third-order valence-corrected chi connectivity index (χ3v) is 8.37. The topological polar surface area (TPSA) is 79.3 Å². The van der Waals surface area contributed by atoms with Crippen LogP contribution < -0.4 is 5.32 Å². The van der Waals surface area contributed by atoms with Gasteiger partial charge in [-0.25, -0.2) is 4.98 Å². The number of benzene rings is 1. The molecule has 0 bridgehead atoms. The van der Waals surface area contributed by atoms with Gasteiger partial charge in [0.15, 0.2) is 5.13 Å². The van der Waals surface area contributed by atoms with E-state index >= 15 is 0 Å². The van der Waals surface area contributed by atoms with Crippen LogP contribution in [-0.2, 0) is 16.0 Å². The lowest BCUT2D eigenvalue weighted by atomic mass is 9.55. The van der Waals surface area contributed by atoms with Crippen LogP contribution in [0.4, 0.5) is 5.13 Å². The second-order valence-corrected chi connectivity index (χ2v) is 10.0. The molecule has 29 heavy (non-hydrogen) atoms. The molecule has 2 fully saturated rings. The molecule has 0 spiro atoms. The number of ketones is 1. The molecular weight excluding hydrogens is 384 g/mol. The maximum atomic E-state index is 13.3. The molecule has 0 unspecified atom stereocenters. The quantitative estimate of drug-likeness (QED) is 0.779. The van der Waals surface area contributed by atoms with Crippen LogP contribution in [0.15, 0.2) is 29.8 Å². The third-order valence-electron chi connectivity index (χ3n) is 7.68. The van der Waals surface area contributed by atoms with Crippen molar-refractivity contribution in [3.05, 3.63) is 40.9 Å². The molecule has 6 heteroatoms. The number of hydrogen-bond donors (Lipinski definition) is 2. The summed E-state index contributed by atoms with van der Waals surface area (Å²) in [6.07, 6.45) is 6.66. The van der Waals surface area contributed by atoms with Crippen LogP contribution in [-0.4, -0.2) is 21.8 Å². The van der Waals surface area contributed by atoms with E-state index in [9.17, 15) is 14.7 Å². The minimum absolute atomic E-state index is 0.110. The second-order valence-electron chi connectivity index (χ2n) is 9.14. The number of nitrogens with one attached hydrogen (secondary N) is 1. The lowest BCUT2D eigenvalue weighted by molar-refractivity contribution is -0.133. The van der Waals surface area contributed by atoms with E-state index in [2.05, 4.69) is 23.3 Å². The number of thiazole rings is 1. The maximum absolute atomic E-state index is 13.3. The van der Waals surface area contributed by atoms with E-state index < -0.39 is 0 Å². The predicted octanol–water partition coefficient (Wildman–Crippen LogP) is 4.53. The average Bonchev–Trinajstić information content (AvgIpc) is 3.29. The van der Waals surface area contributed by atoms with Gasteiger partial charge in [-0.05, 0) is 73.1 Å². The minimum Gasteiger partial charge on any atom is -0.508 e. The second kappa shape index (κ2) is 6.94. The SMILES string of the molecule is C[C@]12CC[C@@H]3c4ccc(O)cc4CC[C@H]3[C@@H]1C[C@H](CC(=O)Nc1nccs1)C2=O. The van der Waals surface area contributed by atoms with Crippen molar-refractivity contribution in [3.8, 4) is 5.75 Å². The Morgan fingerprint density at radius 3 is 3.03 bits per heavy atom. The van der Waals surface area contributed by atoms with Gasteiger partial charge in [0.25, 0.3) is 0 Å². The van der Waals surface area contributed by atoms with Crippen molar-refractivity contribution in [1.82, 2.24) is 4.98 Å².